The third kappa shape index (κ3) is 2.65. The van der Waals surface area contributed by atoms with Crippen molar-refractivity contribution in [1.29, 1.82) is 0 Å². The SMILES string of the molecule is C#CCOCCc1scnc1C. The molecule has 0 fully saturated rings. The van der Waals surface area contributed by atoms with Gasteiger partial charge in [0.2, 0.25) is 0 Å². The fourth-order valence-electron chi connectivity index (χ4n) is 0.862. The molecule has 0 spiro atoms. The highest BCUT2D eigenvalue weighted by Gasteiger charge is 1.99. The fourth-order valence-corrected chi connectivity index (χ4v) is 1.62. The van der Waals surface area contributed by atoms with E-state index in [-0.39, 0.29) is 0 Å². The Labute approximate surface area is 76.6 Å². The lowest BCUT2D eigenvalue weighted by Gasteiger charge is -1.98. The summed E-state index contributed by atoms with van der Waals surface area (Å²) >= 11 is 1.66. The molecule has 0 saturated heterocycles. The molecule has 0 aliphatic carbocycles. The lowest BCUT2D eigenvalue weighted by Crippen LogP contribution is -1.98. The predicted octanol–water partition coefficient (Wildman–Crippen LogP) is 1.64. The third-order valence-electron chi connectivity index (χ3n) is 1.50. The van der Waals surface area contributed by atoms with E-state index in [4.69, 9.17) is 11.2 Å². The van der Waals surface area contributed by atoms with E-state index in [0.29, 0.717) is 13.2 Å². The third-order valence-corrected chi connectivity index (χ3v) is 2.50. The number of ether oxygens (including phenoxy) is 1. The summed E-state index contributed by atoms with van der Waals surface area (Å²) in [5, 5.41) is 0. The second-order valence-electron chi connectivity index (χ2n) is 2.37. The predicted molar refractivity (Wildman–Crippen MR) is 50.2 cm³/mol. The van der Waals surface area contributed by atoms with Gasteiger partial charge in [-0.2, -0.15) is 0 Å². The van der Waals surface area contributed by atoms with Crippen molar-refractivity contribution >= 4 is 11.3 Å². The topological polar surface area (TPSA) is 22.1 Å². The van der Waals surface area contributed by atoms with E-state index in [0.717, 1.165) is 12.1 Å². The minimum absolute atomic E-state index is 0.401. The molecule has 0 unspecified atom stereocenters. The smallest absolute Gasteiger partial charge is 0.107 e. The number of thiazole rings is 1. The highest BCUT2D eigenvalue weighted by molar-refractivity contribution is 7.09. The summed E-state index contributed by atoms with van der Waals surface area (Å²) in [5.41, 5.74) is 2.95. The number of terminal acetylenes is 1. The van der Waals surface area contributed by atoms with Gasteiger partial charge < -0.3 is 4.74 Å². The second-order valence-corrected chi connectivity index (χ2v) is 3.31. The molecule has 0 radical (unpaired) electrons. The summed E-state index contributed by atoms with van der Waals surface area (Å²) in [5.74, 6) is 2.43. The van der Waals surface area contributed by atoms with Gasteiger partial charge in [-0.15, -0.1) is 17.8 Å². The zero-order valence-electron chi connectivity index (χ0n) is 7.04. The molecule has 3 heteroatoms. The van der Waals surface area contributed by atoms with Crippen LogP contribution in [0.4, 0.5) is 0 Å². The highest BCUT2D eigenvalue weighted by Crippen LogP contribution is 2.12. The molecular formula is C9H11NOS. The van der Waals surface area contributed by atoms with Crippen molar-refractivity contribution in [2.75, 3.05) is 13.2 Å². The Balaban J connectivity index is 2.25. The molecule has 1 rings (SSSR count). The van der Waals surface area contributed by atoms with E-state index in [1.54, 1.807) is 11.3 Å². The average Bonchev–Trinajstić information content (AvgIpc) is 2.46. The van der Waals surface area contributed by atoms with Gasteiger partial charge >= 0.3 is 0 Å². The first-order valence-corrected chi connectivity index (χ1v) is 4.62. The Hall–Kier alpha value is -0.850. The number of hydrogen-bond acceptors (Lipinski definition) is 3. The normalized spacial score (nSPS) is 9.67. The van der Waals surface area contributed by atoms with Gasteiger partial charge in [-0.1, -0.05) is 5.92 Å². The number of aromatic nitrogens is 1. The van der Waals surface area contributed by atoms with Crippen LogP contribution in [0.5, 0.6) is 0 Å². The van der Waals surface area contributed by atoms with Crippen molar-refractivity contribution in [1.82, 2.24) is 4.98 Å². The fraction of sp³-hybridized carbons (Fsp3) is 0.444. The quantitative estimate of drug-likeness (QED) is 0.520. The van der Waals surface area contributed by atoms with Gasteiger partial charge in [0.15, 0.2) is 0 Å². The van der Waals surface area contributed by atoms with Gasteiger partial charge in [0.25, 0.3) is 0 Å². The molecule has 12 heavy (non-hydrogen) atoms. The average molecular weight is 181 g/mol. The second kappa shape index (κ2) is 4.91. The van der Waals surface area contributed by atoms with Gasteiger partial charge in [0.1, 0.15) is 6.61 Å². The van der Waals surface area contributed by atoms with E-state index in [9.17, 15) is 0 Å². The van der Waals surface area contributed by atoms with Gasteiger partial charge in [0.05, 0.1) is 17.8 Å². The van der Waals surface area contributed by atoms with Crippen molar-refractivity contribution in [2.45, 2.75) is 13.3 Å². The van der Waals surface area contributed by atoms with Crippen LogP contribution in [0.2, 0.25) is 0 Å². The maximum Gasteiger partial charge on any atom is 0.107 e. The Morgan fingerprint density at radius 3 is 3.17 bits per heavy atom. The molecule has 0 amide bonds. The standard InChI is InChI=1S/C9H11NOS/c1-3-5-11-6-4-9-8(2)10-7-12-9/h1,7H,4-6H2,2H3. The summed E-state index contributed by atoms with van der Waals surface area (Å²) < 4.78 is 5.15. The maximum absolute atomic E-state index is 5.15. The Morgan fingerprint density at radius 2 is 2.58 bits per heavy atom. The van der Waals surface area contributed by atoms with E-state index < -0.39 is 0 Å². The number of aryl methyl sites for hydroxylation is 1. The zero-order valence-corrected chi connectivity index (χ0v) is 7.86. The van der Waals surface area contributed by atoms with Gasteiger partial charge in [-0.05, 0) is 6.92 Å². The molecule has 0 saturated carbocycles. The van der Waals surface area contributed by atoms with Crippen LogP contribution in [-0.4, -0.2) is 18.2 Å². The first-order chi connectivity index (χ1) is 5.84. The molecule has 0 bridgehead atoms. The molecule has 0 atom stereocenters. The van der Waals surface area contributed by atoms with Crippen LogP contribution in [0.15, 0.2) is 5.51 Å². The molecule has 1 heterocycles. The van der Waals surface area contributed by atoms with Crippen molar-refractivity contribution in [3.05, 3.63) is 16.1 Å². The van der Waals surface area contributed by atoms with E-state index >= 15 is 0 Å². The molecule has 0 aliphatic rings. The van der Waals surface area contributed by atoms with Crippen LogP contribution in [0.3, 0.4) is 0 Å². The number of nitrogens with zero attached hydrogens (tertiary/aromatic N) is 1. The molecule has 1 aromatic rings. The van der Waals surface area contributed by atoms with Crippen molar-refractivity contribution in [3.8, 4) is 12.3 Å². The lowest BCUT2D eigenvalue weighted by molar-refractivity contribution is 0.171. The Bertz CT molecular complexity index is 274. The summed E-state index contributed by atoms with van der Waals surface area (Å²) in [6.45, 7) is 3.10. The summed E-state index contributed by atoms with van der Waals surface area (Å²) in [7, 11) is 0. The van der Waals surface area contributed by atoms with E-state index in [1.165, 1.54) is 4.88 Å². The van der Waals surface area contributed by atoms with E-state index in [2.05, 4.69) is 10.9 Å². The van der Waals surface area contributed by atoms with Crippen molar-refractivity contribution in [3.63, 3.8) is 0 Å². The maximum atomic E-state index is 5.15. The van der Waals surface area contributed by atoms with Gasteiger partial charge in [-0.25, -0.2) is 4.98 Å². The summed E-state index contributed by atoms with van der Waals surface area (Å²) in [4.78, 5) is 5.42. The van der Waals surface area contributed by atoms with Gasteiger partial charge in [-0.3, -0.25) is 0 Å². The molecule has 2 nitrogen and oxygen atoms in total. The minimum Gasteiger partial charge on any atom is -0.368 e. The van der Waals surface area contributed by atoms with Crippen LogP contribution in [-0.2, 0) is 11.2 Å². The van der Waals surface area contributed by atoms with Crippen LogP contribution in [0, 0.1) is 19.3 Å². The summed E-state index contributed by atoms with van der Waals surface area (Å²) in [6.07, 6.45) is 5.95. The molecular weight excluding hydrogens is 170 g/mol. The zero-order chi connectivity index (χ0) is 8.81. The van der Waals surface area contributed by atoms with Crippen LogP contribution < -0.4 is 0 Å². The van der Waals surface area contributed by atoms with Gasteiger partial charge in [0, 0.05) is 11.3 Å². The number of rotatable bonds is 4. The van der Waals surface area contributed by atoms with Crippen LogP contribution in [0.25, 0.3) is 0 Å². The number of hydrogen-bond donors (Lipinski definition) is 0. The molecule has 0 aliphatic heterocycles. The molecule has 0 aromatic carbocycles. The highest BCUT2D eigenvalue weighted by atomic mass is 32.1. The molecule has 64 valence electrons. The largest absolute Gasteiger partial charge is 0.368 e. The Kier molecular flexibility index (Phi) is 3.78. The molecule has 1 aromatic heterocycles. The lowest BCUT2D eigenvalue weighted by atomic mass is 10.3. The van der Waals surface area contributed by atoms with E-state index in [1.807, 2.05) is 12.4 Å². The Morgan fingerprint density at radius 1 is 1.75 bits per heavy atom. The first-order valence-electron chi connectivity index (χ1n) is 3.74. The monoisotopic (exact) mass is 181 g/mol. The first kappa shape index (κ1) is 9.24. The summed E-state index contributed by atoms with van der Waals surface area (Å²) in [6, 6.07) is 0. The van der Waals surface area contributed by atoms with Crippen LogP contribution >= 0.6 is 11.3 Å². The van der Waals surface area contributed by atoms with Crippen molar-refractivity contribution in [2.24, 2.45) is 0 Å². The van der Waals surface area contributed by atoms with Crippen molar-refractivity contribution < 1.29 is 4.74 Å². The minimum atomic E-state index is 0.401. The van der Waals surface area contributed by atoms with Crippen LogP contribution in [0.1, 0.15) is 10.6 Å². The molecule has 0 N–H and O–H groups in total.